The Bertz CT molecular complexity index is 410. The predicted molar refractivity (Wildman–Crippen MR) is 78.0 cm³/mol. The smallest absolute Gasteiger partial charge is 0.244 e. The quantitative estimate of drug-likeness (QED) is 0.612. The Morgan fingerprint density at radius 3 is 2.56 bits per heavy atom. The van der Waals surface area contributed by atoms with Crippen molar-refractivity contribution in [2.45, 2.75) is 26.2 Å². The fraction of sp³-hybridized carbons (Fsp3) is 0.357. The van der Waals surface area contributed by atoms with Crippen LogP contribution in [0.2, 0.25) is 10.0 Å². The lowest BCUT2D eigenvalue weighted by molar-refractivity contribution is -0.116. The van der Waals surface area contributed by atoms with Gasteiger partial charge in [-0.2, -0.15) is 0 Å². The van der Waals surface area contributed by atoms with E-state index in [1.165, 1.54) is 6.08 Å². The average Bonchev–Trinajstić information content (AvgIpc) is 2.34. The zero-order chi connectivity index (χ0) is 13.4. The van der Waals surface area contributed by atoms with Crippen LogP contribution in [0.4, 0.5) is 0 Å². The van der Waals surface area contributed by atoms with Crippen molar-refractivity contribution in [3.63, 3.8) is 0 Å². The molecule has 0 saturated heterocycles. The van der Waals surface area contributed by atoms with Crippen molar-refractivity contribution in [1.29, 1.82) is 0 Å². The molecule has 1 amide bonds. The van der Waals surface area contributed by atoms with Crippen molar-refractivity contribution in [1.82, 2.24) is 5.32 Å². The van der Waals surface area contributed by atoms with Crippen LogP contribution in [0, 0.1) is 0 Å². The maximum atomic E-state index is 11.5. The van der Waals surface area contributed by atoms with Gasteiger partial charge in [-0.1, -0.05) is 49.0 Å². The van der Waals surface area contributed by atoms with Gasteiger partial charge in [-0.3, -0.25) is 4.79 Å². The number of carbonyl (C=O) groups excluding carboxylic acids is 1. The molecule has 0 atom stereocenters. The van der Waals surface area contributed by atoms with Crippen molar-refractivity contribution in [3.05, 3.63) is 39.9 Å². The summed E-state index contributed by atoms with van der Waals surface area (Å²) in [5, 5.41) is 3.89. The highest BCUT2D eigenvalue weighted by molar-refractivity contribution is 6.37. The molecule has 0 radical (unpaired) electrons. The topological polar surface area (TPSA) is 29.1 Å². The number of nitrogens with one attached hydrogen (secondary N) is 1. The van der Waals surface area contributed by atoms with Crippen molar-refractivity contribution in [3.8, 4) is 0 Å². The molecule has 0 aliphatic rings. The second kappa shape index (κ2) is 8.17. The zero-order valence-corrected chi connectivity index (χ0v) is 11.9. The van der Waals surface area contributed by atoms with Crippen molar-refractivity contribution < 1.29 is 4.79 Å². The number of rotatable bonds is 6. The molecule has 0 saturated carbocycles. The van der Waals surface area contributed by atoms with E-state index < -0.39 is 0 Å². The fourth-order valence-corrected chi connectivity index (χ4v) is 2.00. The molecule has 0 aromatic heterocycles. The lowest BCUT2D eigenvalue weighted by atomic mass is 10.2. The third kappa shape index (κ3) is 5.11. The first-order valence-electron chi connectivity index (χ1n) is 6.05. The van der Waals surface area contributed by atoms with Crippen LogP contribution < -0.4 is 5.32 Å². The zero-order valence-electron chi connectivity index (χ0n) is 10.4. The second-order valence-corrected chi connectivity index (χ2v) is 4.78. The number of benzene rings is 1. The van der Waals surface area contributed by atoms with Crippen LogP contribution in [0.25, 0.3) is 6.08 Å². The molecule has 0 aliphatic carbocycles. The number of unbranched alkanes of at least 4 members (excludes halogenated alkanes) is 2. The summed E-state index contributed by atoms with van der Waals surface area (Å²) in [5.41, 5.74) is 0.671. The summed E-state index contributed by atoms with van der Waals surface area (Å²) < 4.78 is 0. The Balaban J connectivity index is 2.51. The SMILES string of the molecule is CCCCCNC(=O)C=Cc1c(Cl)cccc1Cl. The van der Waals surface area contributed by atoms with Crippen molar-refractivity contribution >= 4 is 35.2 Å². The highest BCUT2D eigenvalue weighted by Gasteiger charge is 2.02. The first kappa shape index (κ1) is 15.1. The van der Waals surface area contributed by atoms with E-state index in [0.717, 1.165) is 19.3 Å². The molecule has 1 aromatic carbocycles. The van der Waals surface area contributed by atoms with Crippen LogP contribution >= 0.6 is 23.2 Å². The number of hydrogen-bond donors (Lipinski definition) is 1. The van der Waals surface area contributed by atoms with Gasteiger partial charge in [0.2, 0.25) is 5.91 Å². The molecule has 0 bridgehead atoms. The highest BCUT2D eigenvalue weighted by atomic mass is 35.5. The maximum absolute atomic E-state index is 11.5. The van der Waals surface area contributed by atoms with E-state index >= 15 is 0 Å². The van der Waals surface area contributed by atoms with Gasteiger partial charge in [-0.05, 0) is 24.6 Å². The third-order valence-electron chi connectivity index (χ3n) is 2.48. The summed E-state index contributed by atoms with van der Waals surface area (Å²) >= 11 is 12.0. The lowest BCUT2D eigenvalue weighted by Gasteiger charge is -2.02. The Labute approximate surface area is 118 Å². The summed E-state index contributed by atoms with van der Waals surface area (Å²) in [7, 11) is 0. The number of halogens is 2. The Kier molecular flexibility index (Phi) is 6.84. The summed E-state index contributed by atoms with van der Waals surface area (Å²) in [6.45, 7) is 2.83. The molecule has 18 heavy (non-hydrogen) atoms. The van der Waals surface area contributed by atoms with E-state index in [0.29, 0.717) is 22.2 Å². The van der Waals surface area contributed by atoms with E-state index in [9.17, 15) is 4.79 Å². The van der Waals surface area contributed by atoms with Gasteiger partial charge >= 0.3 is 0 Å². The van der Waals surface area contributed by atoms with E-state index in [1.807, 2.05) is 0 Å². The average molecular weight is 286 g/mol. The minimum atomic E-state index is -0.123. The molecular weight excluding hydrogens is 269 g/mol. The summed E-state index contributed by atoms with van der Waals surface area (Å²) in [6, 6.07) is 5.26. The fourth-order valence-electron chi connectivity index (χ4n) is 1.47. The molecule has 2 nitrogen and oxygen atoms in total. The summed E-state index contributed by atoms with van der Waals surface area (Å²) in [5.74, 6) is -0.123. The first-order chi connectivity index (χ1) is 8.65. The minimum absolute atomic E-state index is 0.123. The molecule has 98 valence electrons. The maximum Gasteiger partial charge on any atom is 0.244 e. The van der Waals surface area contributed by atoms with E-state index in [4.69, 9.17) is 23.2 Å². The third-order valence-corrected chi connectivity index (χ3v) is 3.14. The molecule has 0 fully saturated rings. The molecule has 1 aromatic rings. The van der Waals surface area contributed by atoms with E-state index in [-0.39, 0.29) is 5.91 Å². The van der Waals surface area contributed by atoms with Gasteiger partial charge in [0, 0.05) is 28.2 Å². The monoisotopic (exact) mass is 285 g/mol. The molecule has 1 N–H and O–H groups in total. The lowest BCUT2D eigenvalue weighted by Crippen LogP contribution is -2.21. The van der Waals surface area contributed by atoms with Gasteiger partial charge in [0.1, 0.15) is 0 Å². The normalized spacial score (nSPS) is 10.8. The molecule has 0 aliphatic heterocycles. The van der Waals surface area contributed by atoms with E-state index in [1.54, 1.807) is 24.3 Å². The van der Waals surface area contributed by atoms with Gasteiger partial charge in [-0.25, -0.2) is 0 Å². The van der Waals surface area contributed by atoms with Gasteiger partial charge in [0.05, 0.1) is 0 Å². The minimum Gasteiger partial charge on any atom is -0.353 e. The largest absolute Gasteiger partial charge is 0.353 e. The number of carbonyl (C=O) groups is 1. The molecular formula is C14H17Cl2NO. The summed E-state index contributed by atoms with van der Waals surface area (Å²) in [4.78, 5) is 11.5. The molecule has 0 spiro atoms. The molecule has 0 heterocycles. The summed E-state index contributed by atoms with van der Waals surface area (Å²) in [6.07, 6.45) is 6.36. The predicted octanol–water partition coefficient (Wildman–Crippen LogP) is 4.31. The van der Waals surface area contributed by atoms with Gasteiger partial charge in [0.15, 0.2) is 0 Å². The van der Waals surface area contributed by atoms with E-state index in [2.05, 4.69) is 12.2 Å². The Morgan fingerprint density at radius 1 is 1.28 bits per heavy atom. The van der Waals surface area contributed by atoms with Crippen LogP contribution in [-0.2, 0) is 4.79 Å². The van der Waals surface area contributed by atoms with Crippen molar-refractivity contribution in [2.75, 3.05) is 6.54 Å². The van der Waals surface area contributed by atoms with Crippen molar-refractivity contribution in [2.24, 2.45) is 0 Å². The van der Waals surface area contributed by atoms with Crippen LogP contribution in [0.15, 0.2) is 24.3 Å². The van der Waals surface area contributed by atoms with Crippen LogP contribution in [0.3, 0.4) is 0 Å². The van der Waals surface area contributed by atoms with Crippen LogP contribution in [0.5, 0.6) is 0 Å². The number of amides is 1. The highest BCUT2D eigenvalue weighted by Crippen LogP contribution is 2.25. The van der Waals surface area contributed by atoms with Crippen LogP contribution in [0.1, 0.15) is 31.7 Å². The Morgan fingerprint density at radius 2 is 1.94 bits per heavy atom. The van der Waals surface area contributed by atoms with Crippen LogP contribution in [-0.4, -0.2) is 12.5 Å². The van der Waals surface area contributed by atoms with Gasteiger partial charge in [-0.15, -0.1) is 0 Å². The Hall–Kier alpha value is -0.990. The second-order valence-electron chi connectivity index (χ2n) is 3.97. The number of hydrogen-bond acceptors (Lipinski definition) is 1. The van der Waals surface area contributed by atoms with Gasteiger partial charge < -0.3 is 5.32 Å². The van der Waals surface area contributed by atoms with Gasteiger partial charge in [0.25, 0.3) is 0 Å². The molecule has 0 unspecified atom stereocenters. The first-order valence-corrected chi connectivity index (χ1v) is 6.80. The molecule has 1 rings (SSSR count). The standard InChI is InChI=1S/C14H17Cl2NO/c1-2-3-4-10-17-14(18)9-8-11-12(15)6-5-7-13(11)16/h5-9H,2-4,10H2,1H3,(H,17,18). The molecule has 4 heteroatoms.